The molecule has 0 spiro atoms. The van der Waals surface area contributed by atoms with Crippen molar-refractivity contribution in [2.24, 2.45) is 0 Å². The van der Waals surface area contributed by atoms with Crippen LogP contribution < -0.4 is 5.32 Å². The summed E-state index contributed by atoms with van der Waals surface area (Å²) >= 11 is 0. The number of aliphatic hydroxyl groups excluding tert-OH is 4. The van der Waals surface area contributed by atoms with Crippen molar-refractivity contribution >= 4 is 16.3 Å². The first-order valence-corrected chi connectivity index (χ1v) is 31.6. The van der Waals surface area contributed by atoms with Crippen molar-refractivity contribution in [2.75, 3.05) is 13.2 Å². The largest absolute Gasteiger partial charge is 0.397 e. The van der Waals surface area contributed by atoms with E-state index in [1.807, 2.05) is 6.08 Å². The van der Waals surface area contributed by atoms with E-state index in [1.165, 1.54) is 218 Å². The lowest BCUT2D eigenvalue weighted by atomic mass is 9.99. The first-order valence-electron chi connectivity index (χ1n) is 30.2. The molecule has 1 aliphatic rings. The van der Waals surface area contributed by atoms with Gasteiger partial charge in [0.2, 0.25) is 5.91 Å². The molecule has 1 saturated heterocycles. The molecular weight excluding hydrogens is 931 g/mol. The van der Waals surface area contributed by atoms with Crippen LogP contribution in [-0.2, 0) is 28.9 Å². The van der Waals surface area contributed by atoms with Gasteiger partial charge in [0, 0.05) is 6.42 Å². The summed E-state index contributed by atoms with van der Waals surface area (Å²) in [7, 11) is -5.09. The molecule has 0 aromatic heterocycles. The van der Waals surface area contributed by atoms with Gasteiger partial charge in [-0.15, -0.1) is 0 Å². The summed E-state index contributed by atoms with van der Waals surface area (Å²) in [5.41, 5.74) is 0. The zero-order valence-corrected chi connectivity index (χ0v) is 47.1. The van der Waals surface area contributed by atoms with Crippen molar-refractivity contribution in [1.29, 1.82) is 0 Å². The first kappa shape index (κ1) is 68.6. The number of carbonyl (C=O) groups excluding carboxylic acids is 1. The fourth-order valence-corrected chi connectivity index (χ4v) is 10.3. The fraction of sp³-hybridized carbons (Fsp3) is 0.915. The molecule has 13 heteroatoms. The smallest absolute Gasteiger partial charge is 0.394 e. The van der Waals surface area contributed by atoms with E-state index >= 15 is 0 Å². The summed E-state index contributed by atoms with van der Waals surface area (Å²) in [6.07, 6.45) is 52.2. The second kappa shape index (κ2) is 49.2. The fourth-order valence-electron chi connectivity index (χ4n) is 9.81. The van der Waals surface area contributed by atoms with Crippen LogP contribution in [0.5, 0.6) is 0 Å². The van der Waals surface area contributed by atoms with Gasteiger partial charge >= 0.3 is 10.4 Å². The van der Waals surface area contributed by atoms with Crippen LogP contribution in [0.4, 0.5) is 0 Å². The lowest BCUT2D eigenvalue weighted by Gasteiger charge is -2.41. The molecule has 1 amide bonds. The molecule has 0 bridgehead atoms. The van der Waals surface area contributed by atoms with Crippen LogP contribution in [0.3, 0.4) is 0 Å². The molecule has 12 nitrogen and oxygen atoms in total. The second-order valence-corrected chi connectivity index (χ2v) is 22.3. The zero-order chi connectivity index (χ0) is 52.6. The maximum Gasteiger partial charge on any atom is 0.397 e. The van der Waals surface area contributed by atoms with Gasteiger partial charge in [-0.2, -0.15) is 8.42 Å². The van der Waals surface area contributed by atoms with E-state index in [9.17, 15) is 38.2 Å². The van der Waals surface area contributed by atoms with Crippen molar-refractivity contribution in [3.05, 3.63) is 24.3 Å². The van der Waals surface area contributed by atoms with Gasteiger partial charge in [-0.3, -0.25) is 9.35 Å². The predicted molar refractivity (Wildman–Crippen MR) is 296 cm³/mol. The SMILES string of the molecule is CCCCCCCCCCCCCC/C=C\CCCCCCCCCCC(=O)NC(COC1OC(CO)C(O)C(OS(=O)(=O)O)C1O)C(O)/C=C/CCCCCCCCCCCCCCCCCCCCC. The molecule has 1 aliphatic heterocycles. The number of hydrogen-bond donors (Lipinski definition) is 6. The molecule has 6 N–H and O–H groups in total. The molecule has 0 radical (unpaired) electrons. The molecule has 72 heavy (non-hydrogen) atoms. The highest BCUT2D eigenvalue weighted by Gasteiger charge is 2.48. The number of unbranched alkanes of at least 4 members (excludes halogenated alkanes) is 39. The highest BCUT2D eigenvalue weighted by atomic mass is 32.3. The Kier molecular flexibility index (Phi) is 46.8. The Morgan fingerprint density at radius 3 is 1.25 bits per heavy atom. The Balaban J connectivity index is 2.36. The van der Waals surface area contributed by atoms with Gasteiger partial charge in [0.15, 0.2) is 6.29 Å². The quantitative estimate of drug-likeness (QED) is 0.0193. The van der Waals surface area contributed by atoms with E-state index < -0.39 is 59.9 Å². The highest BCUT2D eigenvalue weighted by Crippen LogP contribution is 2.26. The molecule has 1 rings (SSSR count). The molecule has 7 unspecified atom stereocenters. The maximum absolute atomic E-state index is 13.1. The molecule has 0 aromatic rings. The average molecular weight is 1040 g/mol. The van der Waals surface area contributed by atoms with Gasteiger partial charge in [-0.25, -0.2) is 4.18 Å². The van der Waals surface area contributed by atoms with Crippen LogP contribution in [0.2, 0.25) is 0 Å². The van der Waals surface area contributed by atoms with Crippen molar-refractivity contribution in [3.63, 3.8) is 0 Å². The number of hydrogen-bond acceptors (Lipinski definition) is 10. The van der Waals surface area contributed by atoms with E-state index in [2.05, 4.69) is 35.5 Å². The number of ether oxygens (including phenoxy) is 2. The average Bonchev–Trinajstić information content (AvgIpc) is 3.36. The molecular formula is C59H113NO11S. The van der Waals surface area contributed by atoms with Gasteiger partial charge in [-0.05, 0) is 44.9 Å². The molecule has 0 aromatic carbocycles. The summed E-state index contributed by atoms with van der Waals surface area (Å²) in [4.78, 5) is 13.1. The third kappa shape index (κ3) is 40.8. The summed E-state index contributed by atoms with van der Waals surface area (Å²) in [6.45, 7) is 3.44. The van der Waals surface area contributed by atoms with Crippen LogP contribution in [0, 0.1) is 0 Å². The number of allylic oxidation sites excluding steroid dienone is 3. The number of rotatable bonds is 53. The molecule has 0 aliphatic carbocycles. The minimum Gasteiger partial charge on any atom is -0.394 e. The van der Waals surface area contributed by atoms with E-state index in [0.29, 0.717) is 6.42 Å². The van der Waals surface area contributed by atoms with E-state index in [1.54, 1.807) is 6.08 Å². The van der Waals surface area contributed by atoms with Crippen LogP contribution in [0.1, 0.15) is 290 Å². The Hall–Kier alpha value is -1.42. The lowest BCUT2D eigenvalue weighted by molar-refractivity contribution is -0.298. The van der Waals surface area contributed by atoms with Gasteiger partial charge in [0.25, 0.3) is 0 Å². The second-order valence-electron chi connectivity index (χ2n) is 21.3. The Labute approximate surface area is 442 Å². The number of carbonyl (C=O) groups is 1. The zero-order valence-electron chi connectivity index (χ0n) is 46.3. The maximum atomic E-state index is 13.1. The molecule has 7 atom stereocenters. The summed E-state index contributed by atoms with van der Waals surface area (Å²) in [6, 6.07) is -0.945. The van der Waals surface area contributed by atoms with Gasteiger partial charge in [-0.1, -0.05) is 263 Å². The standard InChI is InChI=1S/C59H113NO11S/c1-3-5-7-9-11-13-15-17-19-21-23-25-26-27-29-31-33-35-37-39-41-43-45-47-49-55(63)60-52(51-69-59-57(65)58(71-72(66,67)68)56(64)54(50-61)70-59)53(62)48-46-44-42-40-38-36-34-32-30-28-24-22-20-18-16-14-12-10-8-6-4-2/h27,29,46,48,52-54,56-59,61-62,64-65H,3-26,28,30-45,47,49-51H2,1-2H3,(H,60,63)(H,66,67,68)/b29-27-,48-46+. The molecule has 0 saturated carbocycles. The molecule has 1 fully saturated rings. The third-order valence-electron chi connectivity index (χ3n) is 14.5. The summed E-state index contributed by atoms with van der Waals surface area (Å²) < 4.78 is 47.9. The first-order chi connectivity index (χ1) is 35.0. The molecule has 1 heterocycles. The number of aliphatic hydroxyl groups is 4. The normalized spacial score (nSPS) is 19.5. The van der Waals surface area contributed by atoms with E-state index in [-0.39, 0.29) is 18.9 Å². The van der Waals surface area contributed by atoms with E-state index in [4.69, 9.17) is 9.47 Å². The highest BCUT2D eigenvalue weighted by molar-refractivity contribution is 7.80. The summed E-state index contributed by atoms with van der Waals surface area (Å²) in [5, 5.41) is 45.0. The van der Waals surface area contributed by atoms with Crippen molar-refractivity contribution in [1.82, 2.24) is 5.32 Å². The predicted octanol–water partition coefficient (Wildman–Crippen LogP) is 14.4. The van der Waals surface area contributed by atoms with Crippen LogP contribution >= 0.6 is 0 Å². The van der Waals surface area contributed by atoms with E-state index in [0.717, 1.165) is 44.9 Å². The van der Waals surface area contributed by atoms with Crippen molar-refractivity contribution in [3.8, 4) is 0 Å². The third-order valence-corrected chi connectivity index (χ3v) is 14.9. The lowest BCUT2D eigenvalue weighted by Crippen LogP contribution is -2.61. The Bertz CT molecular complexity index is 1370. The van der Waals surface area contributed by atoms with Gasteiger partial charge < -0.3 is 35.2 Å². The topological polar surface area (TPSA) is 192 Å². The van der Waals surface area contributed by atoms with Crippen LogP contribution in [0.15, 0.2) is 24.3 Å². The number of nitrogens with one attached hydrogen (secondary N) is 1. The minimum absolute atomic E-state index is 0.261. The van der Waals surface area contributed by atoms with Crippen molar-refractivity contribution in [2.45, 2.75) is 333 Å². The minimum atomic E-state index is -5.09. The Morgan fingerprint density at radius 1 is 0.542 bits per heavy atom. The number of amides is 1. The Morgan fingerprint density at radius 2 is 0.889 bits per heavy atom. The summed E-state index contributed by atoms with van der Waals surface area (Å²) in [5.74, 6) is -0.261. The van der Waals surface area contributed by atoms with Gasteiger partial charge in [0.05, 0.1) is 25.4 Å². The van der Waals surface area contributed by atoms with Crippen molar-refractivity contribution < 1.29 is 51.8 Å². The monoisotopic (exact) mass is 1040 g/mol. The van der Waals surface area contributed by atoms with Crippen LogP contribution in [-0.4, -0.2) is 95.4 Å². The van der Waals surface area contributed by atoms with Crippen LogP contribution in [0.25, 0.3) is 0 Å². The molecule has 426 valence electrons. The van der Waals surface area contributed by atoms with Gasteiger partial charge in [0.1, 0.15) is 24.4 Å².